The molecule has 2 atom stereocenters. The highest BCUT2D eigenvalue weighted by Crippen LogP contribution is 2.55. The Bertz CT molecular complexity index is 2850. The topological polar surface area (TPSA) is 12.7 Å². The molecule has 0 spiro atoms. The van der Waals surface area contributed by atoms with Gasteiger partial charge in [0.1, 0.15) is 5.69 Å². The first-order valence-electron chi connectivity index (χ1n) is 23.2. The highest BCUT2D eigenvalue weighted by atomic mass is 32.1. The smallest absolute Gasteiger partial charge is 0.225 e. The molecule has 0 aliphatic carbocycles. The monoisotopic (exact) mass is 838 g/mol. The van der Waals surface area contributed by atoms with Crippen LogP contribution in [0.15, 0.2) is 110 Å². The van der Waals surface area contributed by atoms with Gasteiger partial charge in [0.25, 0.3) is 5.82 Å². The van der Waals surface area contributed by atoms with Crippen LogP contribution in [0.2, 0.25) is 0 Å². The van der Waals surface area contributed by atoms with Gasteiger partial charge in [0, 0.05) is 56.3 Å². The number of pyridine rings is 1. The van der Waals surface area contributed by atoms with Crippen molar-refractivity contribution in [2.24, 2.45) is 7.05 Å². The van der Waals surface area contributed by atoms with Crippen molar-refractivity contribution in [1.82, 2.24) is 4.57 Å². The summed E-state index contributed by atoms with van der Waals surface area (Å²) in [5.41, 5.74) is 15.3. The number of para-hydroxylation sites is 1. The lowest BCUT2D eigenvalue weighted by Crippen LogP contribution is -2.68. The molecule has 7 aromatic rings. The van der Waals surface area contributed by atoms with Crippen molar-refractivity contribution >= 4 is 49.7 Å². The third kappa shape index (κ3) is 6.59. The molecule has 4 aromatic carbocycles. The number of nitrogens with zero attached hydrogens (tertiary/aromatic N) is 3. The summed E-state index contributed by atoms with van der Waals surface area (Å²) >= 11 is 2.02. The summed E-state index contributed by atoms with van der Waals surface area (Å²) in [5, 5.41) is 2.78. The molecule has 0 fully saturated rings. The van der Waals surface area contributed by atoms with Crippen molar-refractivity contribution in [2.75, 3.05) is 0 Å². The van der Waals surface area contributed by atoms with E-state index in [1.165, 1.54) is 88.9 Å². The molecule has 3 nitrogen and oxygen atoms in total. The number of rotatable bonds is 14. The molecule has 0 saturated heterocycles. The quantitative estimate of drug-likeness (QED) is 0.0968. The first kappa shape index (κ1) is 43.3. The van der Waals surface area contributed by atoms with Gasteiger partial charge in [0.05, 0.1) is 23.6 Å². The number of thiophene rings is 1. The fraction of sp³-hybridized carbons (Fsp3) is 0.345. The van der Waals surface area contributed by atoms with Gasteiger partial charge in [-0.2, -0.15) is 9.13 Å². The molecule has 318 valence electrons. The van der Waals surface area contributed by atoms with E-state index in [9.17, 15) is 0 Å². The number of hydrogen-bond acceptors (Lipinski definition) is 1. The molecule has 0 bridgehead atoms. The van der Waals surface area contributed by atoms with Crippen LogP contribution in [-0.4, -0.2) is 4.57 Å². The van der Waals surface area contributed by atoms with Crippen LogP contribution in [0.3, 0.4) is 0 Å². The van der Waals surface area contributed by atoms with Crippen molar-refractivity contribution in [2.45, 2.75) is 124 Å². The summed E-state index contributed by atoms with van der Waals surface area (Å²) in [6.45, 7) is 29.9. The average molecular weight is 838 g/mol. The van der Waals surface area contributed by atoms with Gasteiger partial charge in [-0.05, 0) is 91.5 Å². The highest BCUT2D eigenvalue weighted by Gasteiger charge is 2.59. The number of aryl methyl sites for hydroxylation is 2. The van der Waals surface area contributed by atoms with E-state index in [0.717, 1.165) is 42.9 Å². The van der Waals surface area contributed by atoms with E-state index >= 15 is 0 Å². The van der Waals surface area contributed by atoms with E-state index in [-0.39, 0.29) is 11.0 Å². The molecule has 0 N–H and O–H groups in total. The zero-order valence-corrected chi connectivity index (χ0v) is 39.8. The lowest BCUT2D eigenvalue weighted by atomic mass is 9.58. The van der Waals surface area contributed by atoms with Crippen molar-refractivity contribution in [3.05, 3.63) is 155 Å². The van der Waals surface area contributed by atoms with Gasteiger partial charge in [-0.15, -0.1) is 11.3 Å². The van der Waals surface area contributed by atoms with Gasteiger partial charge in [0.2, 0.25) is 5.69 Å². The summed E-state index contributed by atoms with van der Waals surface area (Å²) < 4.78 is 10.3. The second kappa shape index (κ2) is 17.1. The molecule has 4 heteroatoms. The molecule has 3 aromatic heterocycles. The van der Waals surface area contributed by atoms with Crippen molar-refractivity contribution < 1.29 is 9.13 Å². The van der Waals surface area contributed by atoms with Crippen molar-refractivity contribution in [3.63, 3.8) is 0 Å². The van der Waals surface area contributed by atoms with Crippen LogP contribution in [-0.2, 0) is 24.4 Å². The number of aromatic nitrogens is 3. The Morgan fingerprint density at radius 1 is 0.790 bits per heavy atom. The molecular weight excluding hydrogens is 771 g/mol. The minimum Gasteiger partial charge on any atom is -0.225 e. The number of fused-ring (bicyclic) bond motifs is 7. The minimum absolute atomic E-state index is 0.127. The molecule has 4 heterocycles. The fourth-order valence-electron chi connectivity index (χ4n) is 11.1. The zero-order chi connectivity index (χ0) is 44.1. The lowest BCUT2D eigenvalue weighted by molar-refractivity contribution is -0.768. The normalized spacial score (nSPS) is 17.4. The number of allylic oxidation sites excluding steroid dienone is 1. The zero-order valence-electron chi connectivity index (χ0n) is 39.0. The highest BCUT2D eigenvalue weighted by molar-refractivity contribution is 7.26. The Morgan fingerprint density at radius 3 is 2.15 bits per heavy atom. The van der Waals surface area contributed by atoms with E-state index in [1.54, 1.807) is 0 Å². The Morgan fingerprint density at radius 2 is 1.48 bits per heavy atom. The van der Waals surface area contributed by atoms with Crippen LogP contribution in [0.5, 0.6) is 0 Å². The second-order valence-electron chi connectivity index (χ2n) is 18.5. The number of hydrogen-bond donors (Lipinski definition) is 0. The van der Waals surface area contributed by atoms with E-state index in [2.05, 4.69) is 199 Å². The van der Waals surface area contributed by atoms with Crippen LogP contribution in [0.4, 0.5) is 0 Å². The third-order valence-corrected chi connectivity index (χ3v) is 16.1. The second-order valence-corrected chi connectivity index (χ2v) is 19.5. The van der Waals surface area contributed by atoms with Gasteiger partial charge in [-0.25, -0.2) is 4.57 Å². The van der Waals surface area contributed by atoms with Gasteiger partial charge < -0.3 is 0 Å². The molecule has 0 saturated carbocycles. The van der Waals surface area contributed by atoms with E-state index in [0.29, 0.717) is 11.8 Å². The SMILES string of the molecule is C=Cc1c(C=C)[n+](C)c(-c2ccccc2C=CCC2(CC)[n+]3ccccc3-c3c(ccc4c3sc3c(C)c(CCCC)ccc34)C2(C)CC)n1-c1c(C(C)C)cccc1C(C)C. The van der Waals surface area contributed by atoms with Crippen molar-refractivity contribution in [1.29, 1.82) is 0 Å². The van der Waals surface area contributed by atoms with Gasteiger partial charge in [0.15, 0.2) is 23.1 Å². The Balaban J connectivity index is 1.29. The van der Waals surface area contributed by atoms with Gasteiger partial charge in [-0.1, -0.05) is 141 Å². The summed E-state index contributed by atoms with van der Waals surface area (Å²) in [6.07, 6.45) is 17.7. The van der Waals surface area contributed by atoms with Crippen molar-refractivity contribution in [3.8, 4) is 28.3 Å². The number of unbranched alkanes of at least 4 members (excludes halogenated alkanes) is 1. The summed E-state index contributed by atoms with van der Waals surface area (Å²) in [7, 11) is 2.18. The number of imidazole rings is 1. The lowest BCUT2D eigenvalue weighted by Gasteiger charge is -2.47. The summed E-state index contributed by atoms with van der Waals surface area (Å²) in [6, 6.07) is 32.3. The van der Waals surface area contributed by atoms with E-state index < -0.39 is 0 Å². The maximum Gasteiger partial charge on any atom is 0.295 e. The summed E-state index contributed by atoms with van der Waals surface area (Å²) in [4.78, 5) is 0. The van der Waals surface area contributed by atoms with Gasteiger partial charge >= 0.3 is 0 Å². The minimum atomic E-state index is -0.191. The Kier molecular flexibility index (Phi) is 11.9. The Hall–Kier alpha value is -5.32. The predicted octanol–water partition coefficient (Wildman–Crippen LogP) is 15.4. The summed E-state index contributed by atoms with van der Waals surface area (Å²) in [5.74, 6) is 1.80. The van der Waals surface area contributed by atoms with Crippen LogP contribution in [0.25, 0.3) is 66.7 Å². The van der Waals surface area contributed by atoms with E-state index in [4.69, 9.17) is 0 Å². The number of benzene rings is 4. The molecule has 0 radical (unpaired) electrons. The first-order chi connectivity index (χ1) is 29.9. The van der Waals surface area contributed by atoms with Crippen LogP contribution < -0.4 is 9.13 Å². The van der Waals surface area contributed by atoms with E-state index in [1.807, 2.05) is 23.5 Å². The molecule has 62 heavy (non-hydrogen) atoms. The fourth-order valence-corrected chi connectivity index (χ4v) is 12.5. The Labute approximate surface area is 375 Å². The average Bonchev–Trinajstić information content (AvgIpc) is 3.81. The maximum atomic E-state index is 4.37. The molecule has 2 unspecified atom stereocenters. The van der Waals surface area contributed by atoms with Crippen LogP contribution in [0, 0.1) is 6.92 Å². The van der Waals surface area contributed by atoms with Crippen LogP contribution in [0.1, 0.15) is 144 Å². The van der Waals surface area contributed by atoms with Crippen LogP contribution >= 0.6 is 11.3 Å². The molecule has 1 aliphatic rings. The van der Waals surface area contributed by atoms with Gasteiger partial charge in [-0.3, -0.25) is 0 Å². The largest absolute Gasteiger partial charge is 0.295 e. The first-order valence-corrected chi connectivity index (χ1v) is 24.0. The molecule has 1 aliphatic heterocycles. The molecular formula is C58H67N3S+2. The molecule has 8 rings (SSSR count). The predicted molar refractivity (Wildman–Crippen MR) is 269 cm³/mol. The third-order valence-electron chi connectivity index (χ3n) is 14.8. The maximum absolute atomic E-state index is 4.37. The standard InChI is InChI=1S/C58H67N3S/c1-13-18-25-41-32-33-46-47-34-35-48-52(55(47)62-54(46)40(41)10)51-31-21-22-37-60(51)58(17-5,57(48,11)16-4)36-24-27-42-26-19-20-28-45(42)56-59(12)49(14-2)50(15-3)61(56)53-43(38(6)7)29-23-30-44(53)39(8)9/h14-15,19-24,26-35,37-39H,2-3,13,16-18,25,36H2,1,4-12H3/q+2. The molecule has 0 amide bonds.